The Labute approximate surface area is 122 Å². The number of halogens is 1. The molecule has 0 atom stereocenters. The van der Waals surface area contributed by atoms with Gasteiger partial charge in [0.1, 0.15) is 5.82 Å². The Morgan fingerprint density at radius 2 is 1.86 bits per heavy atom. The Balaban J connectivity index is 2.05. The SMILES string of the molecule is COCc1ccc(CNc2cc(C(N)=O)ccc2F)cc1. The highest BCUT2D eigenvalue weighted by molar-refractivity contribution is 5.93. The van der Waals surface area contributed by atoms with Gasteiger partial charge in [-0.2, -0.15) is 0 Å². The predicted octanol–water partition coefficient (Wildman–Crippen LogP) is 2.68. The molecule has 4 nitrogen and oxygen atoms in total. The van der Waals surface area contributed by atoms with Crippen LogP contribution < -0.4 is 11.1 Å². The molecule has 0 unspecified atom stereocenters. The monoisotopic (exact) mass is 288 g/mol. The Morgan fingerprint density at radius 3 is 2.48 bits per heavy atom. The molecule has 0 radical (unpaired) electrons. The minimum Gasteiger partial charge on any atom is -0.380 e. The third kappa shape index (κ3) is 4.03. The van der Waals surface area contributed by atoms with Crippen molar-refractivity contribution in [3.63, 3.8) is 0 Å². The van der Waals surface area contributed by atoms with E-state index in [1.54, 1.807) is 7.11 Å². The number of benzene rings is 2. The second kappa shape index (κ2) is 6.85. The molecule has 0 spiro atoms. The normalized spacial score (nSPS) is 10.4. The van der Waals surface area contributed by atoms with Crippen molar-refractivity contribution in [2.45, 2.75) is 13.2 Å². The predicted molar refractivity (Wildman–Crippen MR) is 79.4 cm³/mol. The molecule has 0 aliphatic heterocycles. The van der Waals surface area contributed by atoms with Crippen LogP contribution >= 0.6 is 0 Å². The number of nitrogens with one attached hydrogen (secondary N) is 1. The lowest BCUT2D eigenvalue weighted by Gasteiger charge is -2.09. The summed E-state index contributed by atoms with van der Waals surface area (Å²) < 4.78 is 18.7. The highest BCUT2D eigenvalue weighted by atomic mass is 19.1. The number of methoxy groups -OCH3 is 1. The Hall–Kier alpha value is -2.40. The van der Waals surface area contributed by atoms with E-state index in [2.05, 4.69) is 5.32 Å². The molecule has 0 aliphatic carbocycles. The van der Waals surface area contributed by atoms with Crippen molar-refractivity contribution >= 4 is 11.6 Å². The Kier molecular flexibility index (Phi) is 4.90. The number of hydrogen-bond acceptors (Lipinski definition) is 3. The maximum absolute atomic E-state index is 13.7. The van der Waals surface area contributed by atoms with Crippen LogP contribution in [0.25, 0.3) is 0 Å². The fourth-order valence-electron chi connectivity index (χ4n) is 1.93. The number of carbonyl (C=O) groups is 1. The molecule has 2 rings (SSSR count). The first-order valence-corrected chi connectivity index (χ1v) is 6.50. The zero-order valence-corrected chi connectivity index (χ0v) is 11.7. The molecule has 0 saturated heterocycles. The molecule has 0 fully saturated rings. The van der Waals surface area contributed by atoms with Crippen molar-refractivity contribution < 1.29 is 13.9 Å². The summed E-state index contributed by atoms with van der Waals surface area (Å²) >= 11 is 0. The van der Waals surface area contributed by atoms with Crippen molar-refractivity contribution in [3.8, 4) is 0 Å². The fourth-order valence-corrected chi connectivity index (χ4v) is 1.93. The fraction of sp³-hybridized carbons (Fsp3) is 0.188. The number of rotatable bonds is 6. The minimum atomic E-state index is -0.582. The van der Waals surface area contributed by atoms with Gasteiger partial charge in [-0.1, -0.05) is 24.3 Å². The lowest BCUT2D eigenvalue weighted by Crippen LogP contribution is -2.12. The third-order valence-electron chi connectivity index (χ3n) is 3.07. The molecule has 21 heavy (non-hydrogen) atoms. The van der Waals surface area contributed by atoms with Crippen LogP contribution in [0.1, 0.15) is 21.5 Å². The van der Waals surface area contributed by atoms with Gasteiger partial charge in [0.25, 0.3) is 0 Å². The number of hydrogen-bond donors (Lipinski definition) is 2. The summed E-state index contributed by atoms with van der Waals surface area (Å²) in [6, 6.07) is 11.8. The average molecular weight is 288 g/mol. The van der Waals surface area contributed by atoms with Crippen LogP contribution in [0.4, 0.5) is 10.1 Å². The van der Waals surface area contributed by atoms with Crippen molar-refractivity contribution in [2.24, 2.45) is 5.73 Å². The van der Waals surface area contributed by atoms with Gasteiger partial charge in [-0.3, -0.25) is 4.79 Å². The van der Waals surface area contributed by atoms with Crippen LogP contribution in [0.15, 0.2) is 42.5 Å². The molecule has 0 heterocycles. The van der Waals surface area contributed by atoms with Gasteiger partial charge < -0.3 is 15.8 Å². The topological polar surface area (TPSA) is 64.3 Å². The lowest BCUT2D eigenvalue weighted by atomic mass is 10.1. The van der Waals surface area contributed by atoms with E-state index >= 15 is 0 Å². The molecule has 2 aromatic carbocycles. The maximum atomic E-state index is 13.7. The van der Waals surface area contributed by atoms with Gasteiger partial charge in [0, 0.05) is 19.2 Å². The first-order valence-electron chi connectivity index (χ1n) is 6.50. The summed E-state index contributed by atoms with van der Waals surface area (Å²) in [5.74, 6) is -1.00. The van der Waals surface area contributed by atoms with E-state index in [1.165, 1.54) is 18.2 Å². The third-order valence-corrected chi connectivity index (χ3v) is 3.07. The van der Waals surface area contributed by atoms with Crippen molar-refractivity contribution in [3.05, 3.63) is 65.0 Å². The largest absolute Gasteiger partial charge is 0.380 e. The Morgan fingerprint density at radius 1 is 1.19 bits per heavy atom. The molecular weight excluding hydrogens is 271 g/mol. The molecule has 2 aromatic rings. The van der Waals surface area contributed by atoms with Crippen LogP contribution in [0, 0.1) is 5.82 Å². The van der Waals surface area contributed by atoms with E-state index in [1.807, 2.05) is 24.3 Å². The lowest BCUT2D eigenvalue weighted by molar-refractivity contribution is 0.100. The maximum Gasteiger partial charge on any atom is 0.248 e. The van der Waals surface area contributed by atoms with E-state index in [0.717, 1.165) is 11.1 Å². The summed E-state index contributed by atoms with van der Waals surface area (Å²) in [7, 11) is 1.64. The molecule has 3 N–H and O–H groups in total. The second-order valence-electron chi connectivity index (χ2n) is 4.66. The highest BCUT2D eigenvalue weighted by Crippen LogP contribution is 2.17. The highest BCUT2D eigenvalue weighted by Gasteiger charge is 2.06. The van der Waals surface area contributed by atoms with Crippen molar-refractivity contribution in [2.75, 3.05) is 12.4 Å². The summed E-state index contributed by atoms with van der Waals surface area (Å²) in [5.41, 5.74) is 7.78. The molecule has 110 valence electrons. The van der Waals surface area contributed by atoms with Gasteiger partial charge in [-0.25, -0.2) is 4.39 Å². The van der Waals surface area contributed by atoms with Crippen LogP contribution in [-0.2, 0) is 17.9 Å². The van der Waals surface area contributed by atoms with Crippen LogP contribution in [-0.4, -0.2) is 13.0 Å². The van der Waals surface area contributed by atoms with Crippen LogP contribution in [0.5, 0.6) is 0 Å². The molecule has 5 heteroatoms. The van der Waals surface area contributed by atoms with Gasteiger partial charge in [0.05, 0.1) is 12.3 Å². The molecule has 0 aliphatic rings. The zero-order valence-electron chi connectivity index (χ0n) is 11.7. The Bertz CT molecular complexity index is 627. The number of ether oxygens (including phenoxy) is 1. The molecule has 1 amide bonds. The van der Waals surface area contributed by atoms with E-state index in [9.17, 15) is 9.18 Å². The van der Waals surface area contributed by atoms with Crippen molar-refractivity contribution in [1.82, 2.24) is 0 Å². The number of carbonyl (C=O) groups excluding carboxylic acids is 1. The molecule has 0 aromatic heterocycles. The van der Waals surface area contributed by atoms with Gasteiger partial charge in [0.2, 0.25) is 5.91 Å². The number of amides is 1. The number of nitrogens with two attached hydrogens (primary N) is 1. The van der Waals surface area contributed by atoms with Crippen LogP contribution in [0.3, 0.4) is 0 Å². The van der Waals surface area contributed by atoms with Crippen LogP contribution in [0.2, 0.25) is 0 Å². The average Bonchev–Trinajstić information content (AvgIpc) is 2.48. The van der Waals surface area contributed by atoms with E-state index in [-0.39, 0.29) is 11.3 Å². The standard InChI is InChI=1S/C16H17FN2O2/c1-21-10-12-4-2-11(3-5-12)9-19-15-8-13(16(18)20)6-7-14(15)17/h2-8,19H,9-10H2,1H3,(H2,18,20). The quantitative estimate of drug-likeness (QED) is 0.859. The van der Waals surface area contributed by atoms with E-state index < -0.39 is 11.7 Å². The molecule has 0 bridgehead atoms. The van der Waals surface area contributed by atoms with Gasteiger partial charge >= 0.3 is 0 Å². The summed E-state index contributed by atoms with van der Waals surface area (Å²) in [6.07, 6.45) is 0. The minimum absolute atomic E-state index is 0.257. The summed E-state index contributed by atoms with van der Waals surface area (Å²) in [4.78, 5) is 11.1. The van der Waals surface area contributed by atoms with Gasteiger partial charge in [-0.15, -0.1) is 0 Å². The summed E-state index contributed by atoms with van der Waals surface area (Å²) in [6.45, 7) is 1.01. The van der Waals surface area contributed by atoms with E-state index in [4.69, 9.17) is 10.5 Å². The van der Waals surface area contributed by atoms with Crippen molar-refractivity contribution in [1.29, 1.82) is 0 Å². The summed E-state index contributed by atoms with van der Waals surface area (Å²) in [5, 5.41) is 2.96. The van der Waals surface area contributed by atoms with Gasteiger partial charge in [-0.05, 0) is 29.3 Å². The van der Waals surface area contributed by atoms with E-state index in [0.29, 0.717) is 13.2 Å². The molecular formula is C16H17FN2O2. The first kappa shape index (κ1) is 15.0. The zero-order chi connectivity index (χ0) is 15.2. The number of primary amides is 1. The second-order valence-corrected chi connectivity index (χ2v) is 4.66. The first-order chi connectivity index (χ1) is 10.1. The molecule has 0 saturated carbocycles. The van der Waals surface area contributed by atoms with Gasteiger partial charge in [0.15, 0.2) is 0 Å². The smallest absolute Gasteiger partial charge is 0.248 e. The number of anilines is 1.